The van der Waals surface area contributed by atoms with Crippen LogP contribution < -0.4 is 10.2 Å². The Morgan fingerprint density at radius 3 is 2.48 bits per heavy atom. The maximum atomic E-state index is 12.3. The van der Waals surface area contributed by atoms with Crippen molar-refractivity contribution in [2.75, 3.05) is 36.4 Å². The van der Waals surface area contributed by atoms with Gasteiger partial charge in [0.2, 0.25) is 6.41 Å². The van der Waals surface area contributed by atoms with Crippen LogP contribution in [0.5, 0.6) is 0 Å². The van der Waals surface area contributed by atoms with Crippen LogP contribution in [0.15, 0.2) is 30.6 Å². The van der Waals surface area contributed by atoms with Gasteiger partial charge in [0.1, 0.15) is 11.5 Å². The number of carbonyl (C=O) groups excluding carboxylic acids is 2. The van der Waals surface area contributed by atoms with Crippen molar-refractivity contribution < 1.29 is 9.59 Å². The lowest BCUT2D eigenvalue weighted by atomic mass is 10.1. The van der Waals surface area contributed by atoms with Crippen LogP contribution in [-0.4, -0.2) is 53.4 Å². The van der Waals surface area contributed by atoms with Gasteiger partial charge in [-0.05, 0) is 25.5 Å². The second kappa shape index (κ2) is 7.29. The van der Waals surface area contributed by atoms with E-state index in [-0.39, 0.29) is 11.6 Å². The van der Waals surface area contributed by atoms with Gasteiger partial charge in [-0.25, -0.2) is 9.97 Å². The predicted octanol–water partition coefficient (Wildman–Crippen LogP) is 1.62. The highest BCUT2D eigenvalue weighted by atomic mass is 16.2. The molecule has 7 nitrogen and oxygen atoms in total. The second-order valence-corrected chi connectivity index (χ2v) is 6.16. The van der Waals surface area contributed by atoms with Gasteiger partial charge in [-0.1, -0.05) is 17.7 Å². The van der Waals surface area contributed by atoms with Crippen LogP contribution in [0, 0.1) is 13.8 Å². The molecule has 3 rings (SSSR count). The molecule has 0 radical (unpaired) electrons. The number of nitrogens with zero attached hydrogens (tertiary/aromatic N) is 4. The summed E-state index contributed by atoms with van der Waals surface area (Å²) in [5.41, 5.74) is 3.20. The van der Waals surface area contributed by atoms with E-state index >= 15 is 0 Å². The van der Waals surface area contributed by atoms with Crippen molar-refractivity contribution in [3.63, 3.8) is 0 Å². The molecule has 0 saturated carbocycles. The molecule has 0 unspecified atom stereocenters. The normalized spacial score (nSPS) is 14.3. The number of aryl methyl sites for hydroxylation is 2. The Morgan fingerprint density at radius 2 is 1.88 bits per heavy atom. The molecule has 0 spiro atoms. The lowest BCUT2D eigenvalue weighted by Gasteiger charge is -2.33. The van der Waals surface area contributed by atoms with Crippen LogP contribution in [0.4, 0.5) is 11.5 Å². The first-order valence-corrected chi connectivity index (χ1v) is 8.22. The van der Waals surface area contributed by atoms with E-state index < -0.39 is 0 Å². The smallest absolute Gasteiger partial charge is 0.275 e. The lowest BCUT2D eigenvalue weighted by Crippen LogP contribution is -2.46. The Kier molecular flexibility index (Phi) is 4.92. The Morgan fingerprint density at radius 1 is 1.12 bits per heavy atom. The van der Waals surface area contributed by atoms with Gasteiger partial charge in [0.25, 0.3) is 5.91 Å². The van der Waals surface area contributed by atoms with Crippen LogP contribution in [0.25, 0.3) is 0 Å². The molecule has 1 aliphatic heterocycles. The van der Waals surface area contributed by atoms with Crippen molar-refractivity contribution in [2.24, 2.45) is 0 Å². The minimum atomic E-state index is -0.281. The van der Waals surface area contributed by atoms with Gasteiger partial charge in [0.15, 0.2) is 0 Å². The number of hydrogen-bond donors (Lipinski definition) is 1. The molecule has 1 fully saturated rings. The summed E-state index contributed by atoms with van der Waals surface area (Å²) in [5, 5.41) is 2.87. The van der Waals surface area contributed by atoms with Crippen LogP contribution >= 0.6 is 0 Å². The topological polar surface area (TPSA) is 78.4 Å². The van der Waals surface area contributed by atoms with Gasteiger partial charge >= 0.3 is 0 Å². The van der Waals surface area contributed by atoms with E-state index in [1.165, 1.54) is 6.20 Å². The first kappa shape index (κ1) is 16.9. The number of benzene rings is 1. The Balaban J connectivity index is 1.65. The summed E-state index contributed by atoms with van der Waals surface area (Å²) in [6.07, 6.45) is 3.96. The van der Waals surface area contributed by atoms with Gasteiger partial charge < -0.3 is 15.1 Å². The molecular formula is C18H21N5O2. The first-order chi connectivity index (χ1) is 12.1. The molecule has 2 aromatic rings. The number of nitrogens with one attached hydrogen (secondary N) is 1. The van der Waals surface area contributed by atoms with Crippen LogP contribution in [0.3, 0.4) is 0 Å². The van der Waals surface area contributed by atoms with Crippen LogP contribution in [0.1, 0.15) is 21.6 Å². The SMILES string of the molecule is Cc1ccc(NC(=O)c2cnc(N3CCN(C=O)CC3)cn2)c(C)c1. The van der Waals surface area contributed by atoms with Crippen LogP contribution in [-0.2, 0) is 4.79 Å². The third kappa shape index (κ3) is 3.93. The monoisotopic (exact) mass is 339 g/mol. The fourth-order valence-electron chi connectivity index (χ4n) is 2.80. The van der Waals surface area contributed by atoms with E-state index in [0.29, 0.717) is 32.0 Å². The quantitative estimate of drug-likeness (QED) is 0.857. The molecule has 1 N–H and O–H groups in total. The summed E-state index contributed by atoms with van der Waals surface area (Å²) in [4.78, 5) is 35.5. The predicted molar refractivity (Wildman–Crippen MR) is 95.8 cm³/mol. The van der Waals surface area contributed by atoms with Crippen molar-refractivity contribution in [1.82, 2.24) is 14.9 Å². The molecule has 1 aromatic heterocycles. The molecule has 25 heavy (non-hydrogen) atoms. The summed E-state index contributed by atoms with van der Waals surface area (Å²) < 4.78 is 0. The van der Waals surface area contributed by atoms with Crippen molar-refractivity contribution in [2.45, 2.75) is 13.8 Å². The molecule has 1 aliphatic rings. The zero-order chi connectivity index (χ0) is 17.8. The average molecular weight is 339 g/mol. The highest BCUT2D eigenvalue weighted by Gasteiger charge is 2.18. The van der Waals surface area contributed by atoms with E-state index in [1.54, 1.807) is 11.1 Å². The van der Waals surface area contributed by atoms with E-state index in [9.17, 15) is 9.59 Å². The highest BCUT2D eigenvalue weighted by molar-refractivity contribution is 6.03. The zero-order valence-electron chi connectivity index (χ0n) is 14.4. The van der Waals surface area contributed by atoms with Gasteiger partial charge in [-0.3, -0.25) is 9.59 Å². The van der Waals surface area contributed by atoms with E-state index in [0.717, 1.165) is 23.2 Å². The summed E-state index contributed by atoms with van der Waals surface area (Å²) in [6, 6.07) is 5.86. The number of carbonyl (C=O) groups is 2. The number of amides is 2. The van der Waals surface area contributed by atoms with Crippen molar-refractivity contribution in [1.29, 1.82) is 0 Å². The van der Waals surface area contributed by atoms with Crippen LogP contribution in [0.2, 0.25) is 0 Å². The fourth-order valence-corrected chi connectivity index (χ4v) is 2.80. The highest BCUT2D eigenvalue weighted by Crippen LogP contribution is 2.17. The molecule has 1 aromatic carbocycles. The second-order valence-electron chi connectivity index (χ2n) is 6.16. The molecule has 1 saturated heterocycles. The Labute approximate surface area is 146 Å². The molecule has 0 atom stereocenters. The third-order valence-electron chi connectivity index (χ3n) is 4.29. The van der Waals surface area contributed by atoms with Gasteiger partial charge in [-0.2, -0.15) is 0 Å². The van der Waals surface area contributed by atoms with Crippen molar-refractivity contribution in [3.05, 3.63) is 47.4 Å². The minimum Gasteiger partial charge on any atom is -0.352 e. The summed E-state index contributed by atoms with van der Waals surface area (Å²) in [5.74, 6) is 0.436. The maximum absolute atomic E-state index is 12.3. The minimum absolute atomic E-state index is 0.273. The molecule has 7 heteroatoms. The maximum Gasteiger partial charge on any atom is 0.275 e. The summed E-state index contributed by atoms with van der Waals surface area (Å²) in [7, 11) is 0. The Hall–Kier alpha value is -2.96. The molecule has 130 valence electrons. The number of anilines is 2. The molecular weight excluding hydrogens is 318 g/mol. The first-order valence-electron chi connectivity index (χ1n) is 8.22. The largest absolute Gasteiger partial charge is 0.352 e. The van der Waals surface area contributed by atoms with Crippen molar-refractivity contribution >= 4 is 23.8 Å². The fraction of sp³-hybridized carbons (Fsp3) is 0.333. The number of aromatic nitrogens is 2. The standard InChI is InChI=1S/C18H21N5O2/c1-13-3-4-15(14(2)9-13)21-18(25)16-10-20-17(11-19-16)23-7-5-22(12-24)6-8-23/h3-4,9-12H,5-8H2,1-2H3,(H,21,25). The van der Waals surface area contributed by atoms with E-state index in [2.05, 4.69) is 20.2 Å². The Bertz CT molecular complexity index is 768. The van der Waals surface area contributed by atoms with Gasteiger partial charge in [0.05, 0.1) is 12.4 Å². The average Bonchev–Trinajstić information content (AvgIpc) is 2.64. The number of rotatable bonds is 4. The molecule has 2 amide bonds. The summed E-state index contributed by atoms with van der Waals surface area (Å²) in [6.45, 7) is 6.72. The number of hydrogen-bond acceptors (Lipinski definition) is 5. The third-order valence-corrected chi connectivity index (χ3v) is 4.29. The number of piperazine rings is 1. The molecule has 0 aliphatic carbocycles. The van der Waals surface area contributed by atoms with Gasteiger partial charge in [0, 0.05) is 31.9 Å². The summed E-state index contributed by atoms with van der Waals surface area (Å²) >= 11 is 0. The molecule has 0 bridgehead atoms. The zero-order valence-corrected chi connectivity index (χ0v) is 14.4. The van der Waals surface area contributed by atoms with Crippen molar-refractivity contribution in [3.8, 4) is 0 Å². The molecule has 2 heterocycles. The lowest BCUT2D eigenvalue weighted by molar-refractivity contribution is -0.118. The van der Waals surface area contributed by atoms with Gasteiger partial charge in [-0.15, -0.1) is 0 Å². The van der Waals surface area contributed by atoms with E-state index in [4.69, 9.17) is 0 Å². The van der Waals surface area contributed by atoms with E-state index in [1.807, 2.05) is 32.0 Å².